The smallest absolute Gasteiger partial charge is 0.0575 e. The second kappa shape index (κ2) is 3.49. The predicted molar refractivity (Wildman–Crippen MR) is 60.4 cm³/mol. The number of hydrogen-bond acceptors (Lipinski definition) is 2. The summed E-state index contributed by atoms with van der Waals surface area (Å²) < 4.78 is 0. The third-order valence-electron chi connectivity index (χ3n) is 3.80. The molecule has 1 aromatic heterocycles. The van der Waals surface area contributed by atoms with E-state index in [9.17, 15) is 0 Å². The third kappa shape index (κ3) is 1.51. The Kier molecular flexibility index (Phi) is 2.13. The van der Waals surface area contributed by atoms with Crippen molar-refractivity contribution in [1.82, 2.24) is 15.1 Å². The lowest BCUT2D eigenvalue weighted by Crippen LogP contribution is -2.35. The maximum Gasteiger partial charge on any atom is 0.0575 e. The summed E-state index contributed by atoms with van der Waals surface area (Å²) in [5, 5.41) is 6.94. The lowest BCUT2D eigenvalue weighted by molar-refractivity contribution is 0.251. The molecule has 80 valence electrons. The van der Waals surface area contributed by atoms with E-state index in [0.717, 1.165) is 5.69 Å². The van der Waals surface area contributed by atoms with Gasteiger partial charge in [-0.25, -0.2) is 0 Å². The first-order valence-corrected chi connectivity index (χ1v) is 5.83. The van der Waals surface area contributed by atoms with E-state index in [1.54, 1.807) is 6.20 Å². The molecule has 0 bridgehead atoms. The molecule has 2 aliphatic heterocycles. The van der Waals surface area contributed by atoms with E-state index in [0.29, 0.717) is 5.54 Å². The summed E-state index contributed by atoms with van der Waals surface area (Å²) in [4.78, 5) is 2.64. The highest BCUT2D eigenvalue weighted by molar-refractivity contribution is 5.46. The van der Waals surface area contributed by atoms with Crippen LogP contribution in [-0.2, 0) is 0 Å². The number of rotatable bonds is 2. The molecule has 3 heteroatoms. The molecule has 15 heavy (non-hydrogen) atoms. The topological polar surface area (TPSA) is 31.9 Å². The summed E-state index contributed by atoms with van der Waals surface area (Å²) in [6.07, 6.45) is 11.8. The molecule has 1 aromatic rings. The minimum absolute atomic E-state index is 0.380. The summed E-state index contributed by atoms with van der Waals surface area (Å²) in [5.41, 5.74) is 1.49. The quantitative estimate of drug-likeness (QED) is 0.797. The van der Waals surface area contributed by atoms with Crippen molar-refractivity contribution < 1.29 is 0 Å². The Balaban J connectivity index is 1.81. The molecule has 2 saturated heterocycles. The van der Waals surface area contributed by atoms with Crippen LogP contribution in [0.2, 0.25) is 0 Å². The molecule has 1 N–H and O–H groups in total. The maximum absolute atomic E-state index is 3.96. The van der Waals surface area contributed by atoms with E-state index < -0.39 is 0 Å². The van der Waals surface area contributed by atoms with E-state index in [4.69, 9.17) is 0 Å². The number of aromatic nitrogens is 2. The van der Waals surface area contributed by atoms with Gasteiger partial charge in [0.25, 0.3) is 0 Å². The first-order chi connectivity index (χ1) is 7.39. The predicted octanol–water partition coefficient (Wildman–Crippen LogP) is 2.05. The fourth-order valence-electron chi connectivity index (χ4n) is 3.03. The van der Waals surface area contributed by atoms with Crippen molar-refractivity contribution in [2.45, 2.75) is 31.2 Å². The van der Waals surface area contributed by atoms with Crippen molar-refractivity contribution >= 4 is 6.08 Å². The van der Waals surface area contributed by atoms with Crippen molar-refractivity contribution in [3.8, 4) is 0 Å². The third-order valence-corrected chi connectivity index (χ3v) is 3.80. The van der Waals surface area contributed by atoms with Gasteiger partial charge < -0.3 is 0 Å². The Bertz CT molecular complexity index is 343. The van der Waals surface area contributed by atoms with Crippen LogP contribution in [0, 0.1) is 0 Å². The summed E-state index contributed by atoms with van der Waals surface area (Å²) in [6, 6.07) is 2.02. The van der Waals surface area contributed by atoms with Gasteiger partial charge in [0.15, 0.2) is 0 Å². The van der Waals surface area contributed by atoms with E-state index >= 15 is 0 Å². The van der Waals surface area contributed by atoms with Crippen LogP contribution in [-0.4, -0.2) is 33.7 Å². The van der Waals surface area contributed by atoms with Crippen LogP contribution in [0.25, 0.3) is 6.08 Å². The molecule has 0 spiro atoms. The highest BCUT2D eigenvalue weighted by Crippen LogP contribution is 2.40. The Morgan fingerprint density at radius 3 is 2.80 bits per heavy atom. The van der Waals surface area contributed by atoms with Crippen LogP contribution in [0.3, 0.4) is 0 Å². The van der Waals surface area contributed by atoms with Gasteiger partial charge in [0.1, 0.15) is 0 Å². The van der Waals surface area contributed by atoms with E-state index in [1.807, 2.05) is 6.07 Å². The van der Waals surface area contributed by atoms with Gasteiger partial charge in [-0.3, -0.25) is 10.00 Å². The van der Waals surface area contributed by atoms with Crippen molar-refractivity contribution in [2.75, 3.05) is 13.1 Å². The maximum atomic E-state index is 3.96. The normalized spacial score (nSPS) is 25.1. The van der Waals surface area contributed by atoms with Crippen LogP contribution in [0.5, 0.6) is 0 Å². The van der Waals surface area contributed by atoms with Gasteiger partial charge in [-0.05, 0) is 50.9 Å². The van der Waals surface area contributed by atoms with E-state index in [1.165, 1.54) is 38.8 Å². The van der Waals surface area contributed by atoms with Gasteiger partial charge in [-0.2, -0.15) is 5.10 Å². The van der Waals surface area contributed by atoms with Gasteiger partial charge in [0.2, 0.25) is 0 Å². The highest BCUT2D eigenvalue weighted by Gasteiger charge is 2.41. The van der Waals surface area contributed by atoms with Crippen LogP contribution < -0.4 is 0 Å². The molecule has 0 aliphatic carbocycles. The molecule has 0 radical (unpaired) electrons. The molecule has 0 unspecified atom stereocenters. The zero-order valence-corrected chi connectivity index (χ0v) is 8.95. The largest absolute Gasteiger partial charge is 0.294 e. The average Bonchev–Trinajstić information content (AvgIpc) is 2.91. The standard InChI is InChI=1S/C12H17N3/c1-5-12(6-2-10-15(12)9-1)7-3-11-4-8-13-14-11/h3-4,7-8H,1-2,5-6,9-10H2,(H,13,14). The van der Waals surface area contributed by atoms with Crippen LogP contribution in [0.1, 0.15) is 31.4 Å². The van der Waals surface area contributed by atoms with Crippen LogP contribution >= 0.6 is 0 Å². The fourth-order valence-corrected chi connectivity index (χ4v) is 3.03. The van der Waals surface area contributed by atoms with E-state index in [-0.39, 0.29) is 0 Å². The van der Waals surface area contributed by atoms with Crippen LogP contribution in [0.4, 0.5) is 0 Å². The molecule has 0 atom stereocenters. The Morgan fingerprint density at radius 1 is 1.33 bits per heavy atom. The van der Waals surface area contributed by atoms with Gasteiger partial charge in [-0.15, -0.1) is 0 Å². The SMILES string of the molecule is C(=CC12CCCN1CCC2)c1ccn[nH]1. The first kappa shape index (κ1) is 9.16. The van der Waals surface area contributed by atoms with Crippen molar-refractivity contribution in [3.05, 3.63) is 24.0 Å². The van der Waals surface area contributed by atoms with E-state index in [2.05, 4.69) is 27.2 Å². The Labute approximate surface area is 90.2 Å². The fraction of sp³-hybridized carbons (Fsp3) is 0.583. The molecule has 2 fully saturated rings. The lowest BCUT2D eigenvalue weighted by Gasteiger charge is -2.28. The number of H-pyrrole nitrogens is 1. The monoisotopic (exact) mass is 203 g/mol. The minimum Gasteiger partial charge on any atom is -0.294 e. The number of fused-ring (bicyclic) bond motifs is 1. The lowest BCUT2D eigenvalue weighted by atomic mass is 9.93. The van der Waals surface area contributed by atoms with Crippen molar-refractivity contribution in [1.29, 1.82) is 0 Å². The number of nitrogens with zero attached hydrogens (tertiary/aromatic N) is 2. The molecular weight excluding hydrogens is 186 g/mol. The van der Waals surface area contributed by atoms with Crippen molar-refractivity contribution in [3.63, 3.8) is 0 Å². The van der Waals surface area contributed by atoms with Gasteiger partial charge in [-0.1, -0.05) is 6.08 Å². The molecule has 0 saturated carbocycles. The minimum atomic E-state index is 0.380. The molecule has 3 nitrogen and oxygen atoms in total. The zero-order chi connectivity index (χ0) is 10.1. The van der Waals surface area contributed by atoms with Crippen molar-refractivity contribution in [2.24, 2.45) is 0 Å². The second-order valence-corrected chi connectivity index (χ2v) is 4.64. The number of aromatic amines is 1. The molecule has 0 aromatic carbocycles. The Morgan fingerprint density at radius 2 is 2.13 bits per heavy atom. The summed E-state index contributed by atoms with van der Waals surface area (Å²) >= 11 is 0. The van der Waals surface area contributed by atoms with Gasteiger partial charge in [0, 0.05) is 11.7 Å². The first-order valence-electron chi connectivity index (χ1n) is 5.83. The summed E-state index contributed by atoms with van der Waals surface area (Å²) in [7, 11) is 0. The number of nitrogens with one attached hydrogen (secondary N) is 1. The molecule has 3 rings (SSSR count). The highest BCUT2D eigenvalue weighted by atomic mass is 15.2. The van der Waals surface area contributed by atoms with Gasteiger partial charge >= 0.3 is 0 Å². The number of hydrogen-bond donors (Lipinski definition) is 1. The molecule has 2 aliphatic rings. The zero-order valence-electron chi connectivity index (χ0n) is 8.95. The second-order valence-electron chi connectivity index (χ2n) is 4.64. The summed E-state index contributed by atoms with van der Waals surface area (Å²) in [6.45, 7) is 2.57. The van der Waals surface area contributed by atoms with Gasteiger partial charge in [0.05, 0.1) is 5.69 Å². The molecular formula is C12H17N3. The Hall–Kier alpha value is -1.09. The van der Waals surface area contributed by atoms with Crippen LogP contribution in [0.15, 0.2) is 18.3 Å². The molecule has 3 heterocycles. The molecule has 0 amide bonds. The average molecular weight is 203 g/mol. The summed E-state index contributed by atoms with van der Waals surface area (Å²) in [5.74, 6) is 0.